The van der Waals surface area contributed by atoms with E-state index in [0.717, 1.165) is 30.2 Å². The minimum atomic E-state index is 0.614. The molecule has 0 aliphatic heterocycles. The van der Waals surface area contributed by atoms with Gasteiger partial charge in [-0.3, -0.25) is 0 Å². The fourth-order valence-electron chi connectivity index (χ4n) is 1.40. The van der Waals surface area contributed by atoms with E-state index in [2.05, 4.69) is 27.2 Å². The van der Waals surface area contributed by atoms with Gasteiger partial charge in [-0.05, 0) is 6.42 Å². The molecule has 18 heavy (non-hydrogen) atoms. The van der Waals surface area contributed by atoms with Gasteiger partial charge in [0.15, 0.2) is 0 Å². The molecule has 0 saturated carbocycles. The number of hydrogen-bond acceptors (Lipinski definition) is 6. The first-order chi connectivity index (χ1) is 8.88. The average molecular weight is 264 g/mol. The molecule has 0 amide bonds. The number of hydrogen-bond donors (Lipinski definition) is 1. The van der Waals surface area contributed by atoms with Crippen LogP contribution in [0.2, 0.25) is 0 Å². The summed E-state index contributed by atoms with van der Waals surface area (Å²) >= 11 is 1.66. The fraction of sp³-hybridized carbons (Fsp3) is 0.417. The zero-order valence-corrected chi connectivity index (χ0v) is 11.1. The Morgan fingerprint density at radius 3 is 3.06 bits per heavy atom. The van der Waals surface area contributed by atoms with Gasteiger partial charge in [-0.25, -0.2) is 15.0 Å². The lowest BCUT2D eigenvalue weighted by Gasteiger charge is -2.06. The number of anilines is 1. The van der Waals surface area contributed by atoms with Crippen LogP contribution < -0.4 is 10.1 Å². The maximum atomic E-state index is 5.45. The Morgan fingerprint density at radius 1 is 1.33 bits per heavy atom. The van der Waals surface area contributed by atoms with Crippen LogP contribution in [0.5, 0.6) is 5.88 Å². The van der Waals surface area contributed by atoms with E-state index in [4.69, 9.17) is 4.74 Å². The van der Waals surface area contributed by atoms with Gasteiger partial charge in [-0.1, -0.05) is 6.92 Å². The summed E-state index contributed by atoms with van der Waals surface area (Å²) in [6, 6.07) is 1.82. The summed E-state index contributed by atoms with van der Waals surface area (Å²) in [4.78, 5) is 12.4. The van der Waals surface area contributed by atoms with Gasteiger partial charge in [0, 0.05) is 30.6 Å². The van der Waals surface area contributed by atoms with Crippen molar-refractivity contribution in [2.24, 2.45) is 0 Å². The molecule has 0 aliphatic carbocycles. The lowest BCUT2D eigenvalue weighted by atomic mass is 10.4. The molecule has 0 saturated heterocycles. The highest BCUT2D eigenvalue weighted by Gasteiger charge is 2.00. The molecule has 0 radical (unpaired) electrons. The second-order valence-corrected chi connectivity index (χ2v) is 4.67. The third-order valence-corrected chi connectivity index (χ3v) is 3.06. The highest BCUT2D eigenvalue weighted by molar-refractivity contribution is 7.09. The van der Waals surface area contributed by atoms with E-state index in [1.54, 1.807) is 11.3 Å². The Morgan fingerprint density at radius 2 is 2.28 bits per heavy atom. The number of aromatic nitrogens is 3. The van der Waals surface area contributed by atoms with Crippen LogP contribution in [0.1, 0.15) is 18.4 Å². The molecule has 0 aromatic carbocycles. The first-order valence-electron chi connectivity index (χ1n) is 5.95. The first kappa shape index (κ1) is 12.8. The van der Waals surface area contributed by atoms with Gasteiger partial charge < -0.3 is 10.1 Å². The molecule has 0 spiro atoms. The molecule has 0 unspecified atom stereocenters. The van der Waals surface area contributed by atoms with Crippen molar-refractivity contribution in [2.45, 2.75) is 19.8 Å². The number of rotatable bonds is 7. The van der Waals surface area contributed by atoms with Crippen LogP contribution in [-0.4, -0.2) is 28.1 Å². The van der Waals surface area contributed by atoms with E-state index >= 15 is 0 Å². The minimum Gasteiger partial charge on any atom is -0.478 e. The Balaban J connectivity index is 1.81. The van der Waals surface area contributed by atoms with Crippen LogP contribution in [0.15, 0.2) is 24.0 Å². The number of thiazole rings is 1. The Bertz CT molecular complexity index is 461. The van der Waals surface area contributed by atoms with Crippen LogP contribution in [-0.2, 0) is 6.42 Å². The molecule has 2 aromatic rings. The van der Waals surface area contributed by atoms with Crippen molar-refractivity contribution in [3.05, 3.63) is 29.0 Å². The molecule has 0 atom stereocenters. The highest BCUT2D eigenvalue weighted by atomic mass is 32.1. The molecule has 2 rings (SSSR count). The zero-order valence-electron chi connectivity index (χ0n) is 10.3. The summed E-state index contributed by atoms with van der Waals surface area (Å²) in [6.45, 7) is 3.54. The topological polar surface area (TPSA) is 59.9 Å². The second kappa shape index (κ2) is 6.90. The maximum Gasteiger partial charge on any atom is 0.218 e. The zero-order chi connectivity index (χ0) is 12.6. The quantitative estimate of drug-likeness (QED) is 0.832. The Labute approximate surface area is 110 Å². The molecule has 1 N–H and O–H groups in total. The molecule has 2 heterocycles. The lowest BCUT2D eigenvalue weighted by Crippen LogP contribution is -2.07. The normalized spacial score (nSPS) is 10.3. The van der Waals surface area contributed by atoms with Crippen LogP contribution in [0.25, 0.3) is 0 Å². The Hall–Kier alpha value is -1.69. The minimum absolute atomic E-state index is 0.614. The van der Waals surface area contributed by atoms with E-state index in [9.17, 15) is 0 Å². The SMILES string of the molecule is CCCOc1cc(NCCc2nccs2)ncn1. The summed E-state index contributed by atoms with van der Waals surface area (Å²) in [7, 11) is 0. The monoisotopic (exact) mass is 264 g/mol. The predicted octanol–water partition coefficient (Wildman–Crippen LogP) is 2.38. The lowest BCUT2D eigenvalue weighted by molar-refractivity contribution is 0.305. The molecular weight excluding hydrogens is 248 g/mol. The van der Waals surface area contributed by atoms with Crippen molar-refractivity contribution in [3.8, 4) is 5.88 Å². The molecule has 0 aliphatic rings. The summed E-state index contributed by atoms with van der Waals surface area (Å²) < 4.78 is 5.45. The molecular formula is C12H16N4OS. The fourth-order valence-corrected chi connectivity index (χ4v) is 2.02. The number of nitrogens with one attached hydrogen (secondary N) is 1. The summed E-state index contributed by atoms with van der Waals surface area (Å²) in [6.07, 6.45) is 5.20. The average Bonchev–Trinajstić information content (AvgIpc) is 2.90. The van der Waals surface area contributed by atoms with Gasteiger partial charge in [0.1, 0.15) is 12.1 Å². The Kier molecular flexibility index (Phi) is 4.89. The van der Waals surface area contributed by atoms with Gasteiger partial charge in [0.05, 0.1) is 11.6 Å². The van der Waals surface area contributed by atoms with Crippen LogP contribution in [0.3, 0.4) is 0 Å². The smallest absolute Gasteiger partial charge is 0.218 e. The van der Waals surface area contributed by atoms with E-state index < -0.39 is 0 Å². The number of ether oxygens (including phenoxy) is 1. The largest absolute Gasteiger partial charge is 0.478 e. The molecule has 6 heteroatoms. The van der Waals surface area contributed by atoms with Gasteiger partial charge in [0.25, 0.3) is 0 Å². The maximum absolute atomic E-state index is 5.45. The van der Waals surface area contributed by atoms with Gasteiger partial charge in [-0.2, -0.15) is 0 Å². The van der Waals surface area contributed by atoms with Gasteiger partial charge >= 0.3 is 0 Å². The third kappa shape index (κ3) is 3.96. The molecule has 5 nitrogen and oxygen atoms in total. The summed E-state index contributed by atoms with van der Waals surface area (Å²) in [5.74, 6) is 1.40. The van der Waals surface area contributed by atoms with Crippen molar-refractivity contribution < 1.29 is 4.74 Å². The van der Waals surface area contributed by atoms with Crippen LogP contribution >= 0.6 is 11.3 Å². The number of nitrogens with zero attached hydrogens (tertiary/aromatic N) is 3. The standard InChI is InChI=1S/C12H16N4OS/c1-2-6-17-11-8-10(15-9-16-11)13-4-3-12-14-5-7-18-12/h5,7-9H,2-4,6H2,1H3,(H,13,15,16). The molecule has 0 fully saturated rings. The summed E-state index contributed by atoms with van der Waals surface area (Å²) in [5.41, 5.74) is 0. The van der Waals surface area contributed by atoms with Crippen molar-refractivity contribution in [1.29, 1.82) is 0 Å². The van der Waals surface area contributed by atoms with E-state index in [0.29, 0.717) is 12.5 Å². The van der Waals surface area contributed by atoms with E-state index in [-0.39, 0.29) is 0 Å². The van der Waals surface area contributed by atoms with Gasteiger partial charge in [0.2, 0.25) is 5.88 Å². The predicted molar refractivity (Wildman–Crippen MR) is 72.1 cm³/mol. The van der Waals surface area contributed by atoms with Crippen molar-refractivity contribution >= 4 is 17.2 Å². The molecule has 0 bridgehead atoms. The van der Waals surface area contributed by atoms with Gasteiger partial charge in [-0.15, -0.1) is 11.3 Å². The third-order valence-electron chi connectivity index (χ3n) is 2.22. The van der Waals surface area contributed by atoms with Crippen LogP contribution in [0, 0.1) is 0 Å². The summed E-state index contributed by atoms with van der Waals surface area (Å²) in [5, 5.41) is 6.34. The molecule has 96 valence electrons. The van der Waals surface area contributed by atoms with Crippen LogP contribution in [0.4, 0.5) is 5.82 Å². The first-order valence-corrected chi connectivity index (χ1v) is 6.83. The van der Waals surface area contributed by atoms with Crippen molar-refractivity contribution in [3.63, 3.8) is 0 Å². The van der Waals surface area contributed by atoms with Crippen molar-refractivity contribution in [1.82, 2.24) is 15.0 Å². The molecule has 2 aromatic heterocycles. The highest BCUT2D eigenvalue weighted by Crippen LogP contribution is 2.11. The van der Waals surface area contributed by atoms with E-state index in [1.165, 1.54) is 6.33 Å². The second-order valence-electron chi connectivity index (χ2n) is 3.69. The van der Waals surface area contributed by atoms with E-state index in [1.807, 2.05) is 17.6 Å². The van der Waals surface area contributed by atoms with Crippen molar-refractivity contribution in [2.75, 3.05) is 18.5 Å².